The van der Waals surface area contributed by atoms with Crippen molar-refractivity contribution in [3.05, 3.63) is 187 Å². The molecule has 1 nitrogen and oxygen atoms in total. The third kappa shape index (κ3) is 4.54. The molecule has 1 unspecified atom stereocenters. The molecule has 1 atom stereocenters. The molecule has 0 saturated carbocycles. The van der Waals surface area contributed by atoms with Crippen molar-refractivity contribution >= 4 is 49.1 Å². The van der Waals surface area contributed by atoms with Crippen LogP contribution in [-0.2, 0) is 0 Å². The van der Waals surface area contributed by atoms with Gasteiger partial charge in [0.15, 0.2) is 0 Å². The van der Waals surface area contributed by atoms with Gasteiger partial charge in [0.05, 0.1) is 0 Å². The van der Waals surface area contributed by atoms with Gasteiger partial charge in [-0.15, -0.1) is 0 Å². The van der Waals surface area contributed by atoms with Gasteiger partial charge in [0, 0.05) is 22.3 Å². The number of hydrogen-bond donors (Lipinski definition) is 0. The van der Waals surface area contributed by atoms with Crippen LogP contribution >= 0.6 is 0 Å². The minimum absolute atomic E-state index is 0.465. The Bertz CT molecular complexity index is 2660. The maximum Gasteiger partial charge on any atom is 0.143 e. The summed E-state index contributed by atoms with van der Waals surface area (Å²) in [5.41, 5.74) is 12.9. The molecule has 0 aliphatic heterocycles. The number of fused-ring (bicyclic) bond motifs is 6. The Kier molecular flexibility index (Phi) is 6.38. The Morgan fingerprint density at radius 3 is 1.84 bits per heavy atom. The van der Waals surface area contributed by atoms with Gasteiger partial charge in [0.2, 0.25) is 0 Å². The summed E-state index contributed by atoms with van der Waals surface area (Å²) in [6.07, 6.45) is 14.8. The summed E-state index contributed by atoms with van der Waals surface area (Å²) in [6.45, 7) is 0. The number of hydrogen-bond acceptors (Lipinski definition) is 1. The molecule has 0 fully saturated rings. The van der Waals surface area contributed by atoms with Crippen LogP contribution in [0, 0.1) is 5.92 Å². The van der Waals surface area contributed by atoms with Crippen LogP contribution in [-0.4, -0.2) is 0 Å². The predicted octanol–water partition coefficient (Wildman–Crippen LogP) is 13.3. The van der Waals surface area contributed by atoms with E-state index in [0.29, 0.717) is 5.92 Å². The van der Waals surface area contributed by atoms with Crippen molar-refractivity contribution in [2.45, 2.75) is 6.42 Å². The summed E-state index contributed by atoms with van der Waals surface area (Å²) in [4.78, 5) is 0. The van der Waals surface area contributed by atoms with E-state index in [-0.39, 0.29) is 0 Å². The SMILES string of the molecule is C1=CC2=CC(c3c4ccccc4c(-c4ccc5oc6c(-c7ccccc7)cc(-c7ccccc7)cc6c5c4)c4ccccc34)=CCC2C=C1. The smallest absolute Gasteiger partial charge is 0.143 e. The highest BCUT2D eigenvalue weighted by Gasteiger charge is 2.22. The molecule has 0 saturated heterocycles. The fourth-order valence-electron chi connectivity index (χ4n) is 8.05. The van der Waals surface area contributed by atoms with E-state index in [1.54, 1.807) is 0 Å². The zero-order chi connectivity index (χ0) is 32.3. The molecule has 7 aromatic carbocycles. The van der Waals surface area contributed by atoms with E-state index in [9.17, 15) is 0 Å². The average molecular weight is 625 g/mol. The Balaban J connectivity index is 1.23. The Morgan fingerprint density at radius 1 is 0.490 bits per heavy atom. The van der Waals surface area contributed by atoms with Gasteiger partial charge in [-0.25, -0.2) is 0 Å². The molecule has 2 aliphatic rings. The lowest BCUT2D eigenvalue weighted by Gasteiger charge is -2.24. The quantitative estimate of drug-likeness (QED) is 0.178. The van der Waals surface area contributed by atoms with E-state index in [1.165, 1.54) is 60.5 Å². The van der Waals surface area contributed by atoms with Crippen molar-refractivity contribution in [2.75, 3.05) is 0 Å². The molecule has 1 heteroatoms. The zero-order valence-electron chi connectivity index (χ0n) is 26.9. The molecule has 10 rings (SSSR count). The van der Waals surface area contributed by atoms with Crippen LogP contribution in [0.5, 0.6) is 0 Å². The maximum absolute atomic E-state index is 6.71. The highest BCUT2D eigenvalue weighted by atomic mass is 16.3. The number of allylic oxidation sites excluding steroid dienone is 8. The van der Waals surface area contributed by atoms with E-state index in [0.717, 1.165) is 39.5 Å². The van der Waals surface area contributed by atoms with Crippen molar-refractivity contribution < 1.29 is 4.42 Å². The van der Waals surface area contributed by atoms with Crippen molar-refractivity contribution in [1.29, 1.82) is 0 Å². The Morgan fingerprint density at radius 2 is 1.12 bits per heavy atom. The van der Waals surface area contributed by atoms with Gasteiger partial charge in [0.25, 0.3) is 0 Å². The first-order valence-electron chi connectivity index (χ1n) is 17.1. The van der Waals surface area contributed by atoms with Crippen molar-refractivity contribution in [3.63, 3.8) is 0 Å². The van der Waals surface area contributed by atoms with Crippen molar-refractivity contribution in [3.8, 4) is 33.4 Å². The van der Waals surface area contributed by atoms with Crippen LogP contribution in [0.4, 0.5) is 0 Å². The molecule has 1 heterocycles. The molecule has 0 amide bonds. The highest BCUT2D eigenvalue weighted by Crippen LogP contribution is 2.46. The summed E-state index contributed by atoms with van der Waals surface area (Å²) in [6, 6.07) is 50.5. The van der Waals surface area contributed by atoms with E-state index >= 15 is 0 Å². The molecular formula is C48H32O. The van der Waals surface area contributed by atoms with Gasteiger partial charge in [-0.2, -0.15) is 0 Å². The van der Waals surface area contributed by atoms with Gasteiger partial charge in [0.1, 0.15) is 11.2 Å². The number of rotatable bonds is 4. The van der Waals surface area contributed by atoms with Crippen LogP contribution in [0.25, 0.3) is 82.4 Å². The van der Waals surface area contributed by atoms with Gasteiger partial charge >= 0.3 is 0 Å². The lowest BCUT2D eigenvalue weighted by atomic mass is 9.80. The topological polar surface area (TPSA) is 13.1 Å². The fraction of sp³-hybridized carbons (Fsp3) is 0.0417. The number of benzene rings is 7. The highest BCUT2D eigenvalue weighted by molar-refractivity contribution is 6.21. The zero-order valence-corrected chi connectivity index (χ0v) is 26.9. The second kappa shape index (κ2) is 11.2. The minimum Gasteiger partial charge on any atom is -0.455 e. The molecule has 0 bridgehead atoms. The van der Waals surface area contributed by atoms with Gasteiger partial charge in [-0.1, -0.05) is 152 Å². The van der Waals surface area contributed by atoms with Crippen LogP contribution in [0.15, 0.2) is 186 Å². The summed E-state index contributed by atoms with van der Waals surface area (Å²) in [7, 11) is 0. The second-order valence-corrected chi connectivity index (χ2v) is 13.2. The lowest BCUT2D eigenvalue weighted by molar-refractivity contribution is 0.670. The molecule has 0 N–H and O–H groups in total. The largest absolute Gasteiger partial charge is 0.455 e. The third-order valence-electron chi connectivity index (χ3n) is 10.4. The first kappa shape index (κ1) is 27.9. The maximum atomic E-state index is 6.71. The predicted molar refractivity (Wildman–Crippen MR) is 207 cm³/mol. The summed E-state index contributed by atoms with van der Waals surface area (Å²) in [5.74, 6) is 0.465. The molecule has 49 heavy (non-hydrogen) atoms. The fourth-order valence-corrected chi connectivity index (χ4v) is 8.05. The molecular weight excluding hydrogens is 593 g/mol. The summed E-state index contributed by atoms with van der Waals surface area (Å²) < 4.78 is 6.71. The first-order chi connectivity index (χ1) is 24.3. The standard InChI is InChI=1S/C48H32O/c1-3-13-31(14-4-1)37-29-42(33-16-5-2-6-17-33)48-44(30-37)43-28-36(25-26-45(43)49-48)47-40-21-11-9-19-38(40)46(39-20-10-12-22-41(39)47)35-24-23-32-15-7-8-18-34(32)27-35/h1-22,24-30,32H,23H2. The van der Waals surface area contributed by atoms with E-state index < -0.39 is 0 Å². The van der Waals surface area contributed by atoms with E-state index in [4.69, 9.17) is 4.42 Å². The second-order valence-electron chi connectivity index (χ2n) is 13.2. The van der Waals surface area contributed by atoms with Gasteiger partial charge < -0.3 is 4.42 Å². The lowest BCUT2D eigenvalue weighted by Crippen LogP contribution is -2.06. The molecule has 0 radical (unpaired) electrons. The average Bonchev–Trinajstić information content (AvgIpc) is 3.55. The Labute approximate surface area is 285 Å². The minimum atomic E-state index is 0.465. The molecule has 8 aromatic rings. The van der Waals surface area contributed by atoms with Crippen LogP contribution in [0.1, 0.15) is 12.0 Å². The van der Waals surface area contributed by atoms with E-state index in [1.807, 2.05) is 0 Å². The van der Waals surface area contributed by atoms with Crippen LogP contribution in [0.2, 0.25) is 0 Å². The Hall–Kier alpha value is -6.18. The third-order valence-corrected chi connectivity index (χ3v) is 10.4. The summed E-state index contributed by atoms with van der Waals surface area (Å²) in [5, 5.41) is 7.34. The van der Waals surface area contributed by atoms with Crippen LogP contribution in [0.3, 0.4) is 0 Å². The van der Waals surface area contributed by atoms with Crippen molar-refractivity contribution in [2.24, 2.45) is 5.92 Å². The molecule has 0 spiro atoms. The number of furan rings is 1. The van der Waals surface area contributed by atoms with Gasteiger partial charge in [-0.05, 0) is 96.8 Å². The molecule has 230 valence electrons. The molecule has 1 aromatic heterocycles. The first-order valence-corrected chi connectivity index (χ1v) is 17.1. The van der Waals surface area contributed by atoms with Gasteiger partial charge in [-0.3, -0.25) is 0 Å². The van der Waals surface area contributed by atoms with E-state index in [2.05, 4.69) is 176 Å². The summed E-state index contributed by atoms with van der Waals surface area (Å²) >= 11 is 0. The van der Waals surface area contributed by atoms with Crippen LogP contribution < -0.4 is 0 Å². The monoisotopic (exact) mass is 624 g/mol. The van der Waals surface area contributed by atoms with Crippen molar-refractivity contribution in [1.82, 2.24) is 0 Å². The normalized spacial score (nSPS) is 15.6. The molecule has 2 aliphatic carbocycles.